The van der Waals surface area contributed by atoms with E-state index in [1.54, 1.807) is 29.2 Å². The smallest absolute Gasteiger partial charge is 0.305 e. The Morgan fingerprint density at radius 3 is 2.00 bits per heavy atom. The molecule has 2 N–H and O–H groups in total. The molecule has 4 aromatic carbocycles. The predicted octanol–water partition coefficient (Wildman–Crippen LogP) is 6.06. The molecule has 4 aromatic rings. The summed E-state index contributed by atoms with van der Waals surface area (Å²) in [5, 5.41) is 12.3. The Kier molecular flexibility index (Phi) is 9.47. The van der Waals surface area contributed by atoms with Crippen LogP contribution in [0.25, 0.3) is 11.1 Å². The third-order valence-corrected chi connectivity index (χ3v) is 6.99. The molecule has 204 valence electrons. The van der Waals surface area contributed by atoms with Crippen molar-refractivity contribution in [1.29, 1.82) is 0 Å². The van der Waals surface area contributed by atoms with Gasteiger partial charge in [0.25, 0.3) is 11.8 Å². The van der Waals surface area contributed by atoms with Gasteiger partial charge in [-0.2, -0.15) is 0 Å². The van der Waals surface area contributed by atoms with Gasteiger partial charge in [0, 0.05) is 30.8 Å². The van der Waals surface area contributed by atoms with Gasteiger partial charge in [0.05, 0.1) is 6.42 Å². The molecule has 0 heterocycles. The number of aryl methyl sites for hydroxylation is 2. The average molecular weight is 535 g/mol. The number of hydrogen-bond donors (Lipinski definition) is 2. The highest BCUT2D eigenvalue weighted by molar-refractivity contribution is 6.06. The lowest BCUT2D eigenvalue weighted by Crippen LogP contribution is -2.35. The molecule has 0 fully saturated rings. The number of aliphatic carboxylic acids is 1. The maximum atomic E-state index is 13.9. The third-order valence-electron chi connectivity index (χ3n) is 6.99. The third kappa shape index (κ3) is 7.23. The molecular weight excluding hydrogens is 500 g/mol. The van der Waals surface area contributed by atoms with Crippen molar-refractivity contribution in [2.75, 3.05) is 13.1 Å². The monoisotopic (exact) mass is 534 g/mol. The number of carboxylic acids is 1. The Bertz CT molecular complexity index is 1490. The lowest BCUT2D eigenvalue weighted by molar-refractivity contribution is -0.137. The molecule has 0 aliphatic rings. The first-order valence-electron chi connectivity index (χ1n) is 13.4. The van der Waals surface area contributed by atoms with E-state index in [1.165, 1.54) is 0 Å². The minimum absolute atomic E-state index is 0.0902. The molecule has 0 aliphatic carbocycles. The van der Waals surface area contributed by atoms with Crippen LogP contribution in [0.3, 0.4) is 0 Å². The van der Waals surface area contributed by atoms with E-state index in [1.807, 2.05) is 86.6 Å². The summed E-state index contributed by atoms with van der Waals surface area (Å²) < 4.78 is 0. The van der Waals surface area contributed by atoms with E-state index >= 15 is 0 Å². The summed E-state index contributed by atoms with van der Waals surface area (Å²) in [7, 11) is 0. The molecule has 0 unspecified atom stereocenters. The van der Waals surface area contributed by atoms with Crippen molar-refractivity contribution in [2.45, 2.75) is 33.2 Å². The lowest BCUT2D eigenvalue weighted by atomic mass is 9.94. The molecule has 40 heavy (non-hydrogen) atoms. The van der Waals surface area contributed by atoms with E-state index in [-0.39, 0.29) is 24.8 Å². The fraction of sp³-hybridized carbons (Fsp3) is 0.206. The number of amides is 2. The van der Waals surface area contributed by atoms with Crippen LogP contribution in [0, 0.1) is 13.8 Å². The maximum absolute atomic E-state index is 13.9. The number of nitrogens with one attached hydrogen (secondary N) is 1. The van der Waals surface area contributed by atoms with Crippen LogP contribution in [0.2, 0.25) is 0 Å². The van der Waals surface area contributed by atoms with E-state index in [0.717, 1.165) is 22.3 Å². The summed E-state index contributed by atoms with van der Waals surface area (Å²) in [5.41, 5.74) is 6.52. The van der Waals surface area contributed by atoms with Crippen LogP contribution in [0.4, 0.5) is 0 Å². The van der Waals surface area contributed by atoms with Gasteiger partial charge in [-0.1, -0.05) is 90.5 Å². The van der Waals surface area contributed by atoms with Gasteiger partial charge in [0.1, 0.15) is 0 Å². The number of hydrogen-bond acceptors (Lipinski definition) is 3. The molecule has 2 amide bonds. The van der Waals surface area contributed by atoms with Crippen molar-refractivity contribution < 1.29 is 19.5 Å². The largest absolute Gasteiger partial charge is 0.481 e. The molecule has 0 saturated carbocycles. The van der Waals surface area contributed by atoms with Crippen molar-refractivity contribution in [3.05, 3.63) is 130 Å². The average Bonchev–Trinajstić information content (AvgIpc) is 2.97. The van der Waals surface area contributed by atoms with E-state index < -0.39 is 5.97 Å². The van der Waals surface area contributed by atoms with E-state index in [4.69, 9.17) is 0 Å². The first-order valence-corrected chi connectivity index (χ1v) is 13.4. The van der Waals surface area contributed by atoms with Crippen molar-refractivity contribution in [2.24, 2.45) is 0 Å². The maximum Gasteiger partial charge on any atom is 0.305 e. The minimum atomic E-state index is -0.961. The summed E-state index contributed by atoms with van der Waals surface area (Å²) in [6.07, 6.45) is 0.450. The quantitative estimate of drug-likeness (QED) is 0.245. The Hall–Kier alpha value is -4.71. The van der Waals surface area contributed by atoms with Crippen LogP contribution in [0.15, 0.2) is 97.1 Å². The van der Waals surface area contributed by atoms with Crippen molar-refractivity contribution in [3.8, 4) is 11.1 Å². The Balaban J connectivity index is 1.61. The van der Waals surface area contributed by atoms with Crippen LogP contribution in [-0.2, 0) is 17.8 Å². The van der Waals surface area contributed by atoms with Gasteiger partial charge in [0.2, 0.25) is 0 Å². The number of carbonyl (C=O) groups excluding carboxylic acids is 2. The molecule has 0 atom stereocenters. The SMILES string of the molecule is Cc1ccc(CCN(CCC(=O)O)C(=O)c2ccccc2-c2ccccc2C(=O)NCc2ccccc2C)cc1. The zero-order chi connectivity index (χ0) is 28.5. The van der Waals surface area contributed by atoms with Gasteiger partial charge in [0.15, 0.2) is 0 Å². The predicted molar refractivity (Wildman–Crippen MR) is 157 cm³/mol. The van der Waals surface area contributed by atoms with E-state index in [0.29, 0.717) is 41.8 Å². The van der Waals surface area contributed by atoms with Gasteiger partial charge in [-0.25, -0.2) is 0 Å². The second-order valence-electron chi connectivity index (χ2n) is 9.87. The van der Waals surface area contributed by atoms with Gasteiger partial charge in [-0.3, -0.25) is 14.4 Å². The molecular formula is C34H34N2O4. The normalized spacial score (nSPS) is 10.7. The zero-order valence-corrected chi connectivity index (χ0v) is 22.9. The van der Waals surface area contributed by atoms with Crippen LogP contribution < -0.4 is 5.32 Å². The molecule has 0 radical (unpaired) electrons. The fourth-order valence-corrected chi connectivity index (χ4v) is 4.63. The van der Waals surface area contributed by atoms with Crippen molar-refractivity contribution in [3.63, 3.8) is 0 Å². The highest BCUT2D eigenvalue weighted by Crippen LogP contribution is 2.28. The van der Waals surface area contributed by atoms with E-state index in [2.05, 4.69) is 5.32 Å². The summed E-state index contributed by atoms with van der Waals surface area (Å²) in [5.74, 6) is -1.46. The molecule has 0 aliphatic heterocycles. The van der Waals surface area contributed by atoms with Gasteiger partial charge in [-0.05, 0) is 60.2 Å². The first kappa shape index (κ1) is 28.3. The highest BCUT2D eigenvalue weighted by Gasteiger charge is 2.22. The lowest BCUT2D eigenvalue weighted by Gasteiger charge is -2.24. The Morgan fingerprint density at radius 2 is 1.32 bits per heavy atom. The minimum Gasteiger partial charge on any atom is -0.481 e. The van der Waals surface area contributed by atoms with Crippen molar-refractivity contribution >= 4 is 17.8 Å². The van der Waals surface area contributed by atoms with Crippen LogP contribution >= 0.6 is 0 Å². The van der Waals surface area contributed by atoms with Gasteiger partial charge in [-0.15, -0.1) is 0 Å². The second kappa shape index (κ2) is 13.4. The molecule has 0 aromatic heterocycles. The number of carboxylic acid groups (broad SMARTS) is 1. The standard InChI is InChI=1S/C34H34N2O4/c1-24-15-17-26(18-16-24)19-21-36(22-20-32(37)38)34(40)31-14-8-6-12-29(31)28-11-5-7-13-30(28)33(39)35-23-27-10-4-3-9-25(27)2/h3-18H,19-23H2,1-2H3,(H,35,39)(H,37,38). The summed E-state index contributed by atoms with van der Waals surface area (Å²) in [6, 6.07) is 30.4. The molecule has 6 nitrogen and oxygen atoms in total. The number of rotatable bonds is 11. The van der Waals surface area contributed by atoms with Crippen LogP contribution in [-0.4, -0.2) is 40.9 Å². The molecule has 0 bridgehead atoms. The summed E-state index contributed by atoms with van der Waals surface area (Å²) in [4.78, 5) is 40.2. The Morgan fingerprint density at radius 1 is 0.725 bits per heavy atom. The molecule has 6 heteroatoms. The Labute approximate surface area is 235 Å². The highest BCUT2D eigenvalue weighted by atomic mass is 16.4. The van der Waals surface area contributed by atoms with Crippen LogP contribution in [0.5, 0.6) is 0 Å². The van der Waals surface area contributed by atoms with E-state index in [9.17, 15) is 19.5 Å². The zero-order valence-electron chi connectivity index (χ0n) is 22.9. The molecule has 0 saturated heterocycles. The molecule has 4 rings (SSSR count). The summed E-state index contributed by atoms with van der Waals surface area (Å²) in [6.45, 7) is 4.88. The molecule has 0 spiro atoms. The second-order valence-corrected chi connectivity index (χ2v) is 9.87. The van der Waals surface area contributed by atoms with Crippen LogP contribution in [0.1, 0.15) is 49.4 Å². The number of carbonyl (C=O) groups is 3. The van der Waals surface area contributed by atoms with Gasteiger partial charge >= 0.3 is 5.97 Å². The number of benzene rings is 4. The topological polar surface area (TPSA) is 86.7 Å². The first-order chi connectivity index (χ1) is 19.3. The van der Waals surface area contributed by atoms with Crippen molar-refractivity contribution in [1.82, 2.24) is 10.2 Å². The van der Waals surface area contributed by atoms with Gasteiger partial charge < -0.3 is 15.3 Å². The fourth-order valence-electron chi connectivity index (χ4n) is 4.63. The summed E-state index contributed by atoms with van der Waals surface area (Å²) >= 11 is 0. The number of nitrogens with zero attached hydrogens (tertiary/aromatic N) is 1.